The lowest BCUT2D eigenvalue weighted by atomic mass is 9.95. The molecule has 0 saturated heterocycles. The normalized spacial score (nSPS) is 16.1. The number of phenolic OH excluding ortho intramolecular Hbond substituents is 2. The minimum absolute atomic E-state index is 0.0680. The van der Waals surface area contributed by atoms with Crippen molar-refractivity contribution in [2.24, 2.45) is 5.92 Å². The third-order valence-corrected chi connectivity index (χ3v) is 6.57. The van der Waals surface area contributed by atoms with Gasteiger partial charge in [0, 0.05) is 42.8 Å². The summed E-state index contributed by atoms with van der Waals surface area (Å²) in [5.41, 5.74) is 3.65. The molecule has 0 bridgehead atoms. The molecule has 0 radical (unpaired) electrons. The van der Waals surface area contributed by atoms with Gasteiger partial charge in [-0.25, -0.2) is 0 Å². The maximum absolute atomic E-state index is 14.2. The highest BCUT2D eigenvalue weighted by atomic mass is 16.3. The van der Waals surface area contributed by atoms with Crippen molar-refractivity contribution in [2.75, 3.05) is 6.54 Å². The fourth-order valence-electron chi connectivity index (χ4n) is 4.87. The second kappa shape index (κ2) is 8.91. The molecule has 2 N–H and O–H groups in total. The van der Waals surface area contributed by atoms with Gasteiger partial charge in [0.05, 0.1) is 0 Å². The van der Waals surface area contributed by atoms with Crippen LogP contribution in [0.4, 0.5) is 0 Å². The summed E-state index contributed by atoms with van der Waals surface area (Å²) >= 11 is 0. The fourth-order valence-corrected chi connectivity index (χ4v) is 4.87. The quantitative estimate of drug-likeness (QED) is 0.462. The van der Waals surface area contributed by atoms with E-state index in [4.69, 9.17) is 0 Å². The van der Waals surface area contributed by atoms with E-state index in [2.05, 4.69) is 11.9 Å². The molecule has 7 heteroatoms. The summed E-state index contributed by atoms with van der Waals surface area (Å²) < 4.78 is 1.58. The van der Waals surface area contributed by atoms with Crippen molar-refractivity contribution in [1.82, 2.24) is 14.5 Å². The van der Waals surface area contributed by atoms with Crippen LogP contribution in [0.3, 0.4) is 0 Å². The molecule has 0 spiro atoms. The van der Waals surface area contributed by atoms with Gasteiger partial charge in [-0.3, -0.25) is 14.6 Å². The first-order chi connectivity index (χ1) is 16.8. The number of nitrogens with zero attached hydrogens (tertiary/aromatic N) is 3. The lowest BCUT2D eigenvalue weighted by Gasteiger charge is -2.31. The van der Waals surface area contributed by atoms with Crippen LogP contribution < -0.4 is 5.56 Å². The van der Waals surface area contributed by atoms with Crippen molar-refractivity contribution < 1.29 is 15.0 Å². The van der Waals surface area contributed by atoms with Crippen molar-refractivity contribution in [3.8, 4) is 22.6 Å². The summed E-state index contributed by atoms with van der Waals surface area (Å²) in [6.07, 6.45) is 2.32. The van der Waals surface area contributed by atoms with Crippen molar-refractivity contribution >= 4 is 16.8 Å². The smallest absolute Gasteiger partial charge is 0.277 e. The van der Waals surface area contributed by atoms with Crippen LogP contribution in [0, 0.1) is 12.8 Å². The maximum Gasteiger partial charge on any atom is 0.277 e. The van der Waals surface area contributed by atoms with E-state index in [1.807, 2.05) is 37.3 Å². The van der Waals surface area contributed by atoms with Crippen LogP contribution in [0.2, 0.25) is 0 Å². The largest absolute Gasteiger partial charge is 0.508 e. The van der Waals surface area contributed by atoms with Crippen LogP contribution >= 0.6 is 0 Å². The van der Waals surface area contributed by atoms with Gasteiger partial charge in [0.1, 0.15) is 22.7 Å². The van der Waals surface area contributed by atoms with E-state index in [1.165, 1.54) is 18.2 Å². The predicted molar refractivity (Wildman–Crippen MR) is 134 cm³/mol. The lowest BCUT2D eigenvalue weighted by molar-refractivity contribution is 0.0686. The van der Waals surface area contributed by atoms with Crippen LogP contribution in [-0.2, 0) is 13.1 Å². The van der Waals surface area contributed by atoms with Gasteiger partial charge in [0.15, 0.2) is 0 Å². The van der Waals surface area contributed by atoms with E-state index in [9.17, 15) is 19.8 Å². The number of pyridine rings is 2. The molecule has 0 fully saturated rings. The number of fused-ring (bicyclic) bond motifs is 2. The molecule has 1 aliphatic rings. The van der Waals surface area contributed by atoms with Crippen LogP contribution in [0.1, 0.15) is 35.0 Å². The summed E-state index contributed by atoms with van der Waals surface area (Å²) in [4.78, 5) is 33.8. The Labute approximate surface area is 202 Å². The first-order valence-electron chi connectivity index (χ1n) is 11.7. The summed E-state index contributed by atoms with van der Waals surface area (Å²) in [6, 6.07) is 15.9. The molecule has 3 heterocycles. The van der Waals surface area contributed by atoms with E-state index in [-0.39, 0.29) is 35.4 Å². The molecule has 35 heavy (non-hydrogen) atoms. The topological polar surface area (TPSA) is 95.7 Å². The molecule has 0 unspecified atom stereocenters. The Bertz CT molecular complexity index is 1470. The number of hydrogen-bond donors (Lipinski definition) is 2. The van der Waals surface area contributed by atoms with Gasteiger partial charge in [-0.15, -0.1) is 0 Å². The van der Waals surface area contributed by atoms with Crippen molar-refractivity contribution in [2.45, 2.75) is 33.4 Å². The van der Waals surface area contributed by atoms with E-state index >= 15 is 0 Å². The molecule has 5 rings (SSSR count). The number of aromatic nitrogens is 2. The van der Waals surface area contributed by atoms with Gasteiger partial charge in [0.2, 0.25) is 0 Å². The molecule has 1 atom stereocenters. The van der Waals surface area contributed by atoms with E-state index in [1.54, 1.807) is 21.7 Å². The number of carbonyl (C=O) groups is 1. The Morgan fingerprint density at radius 2 is 1.74 bits per heavy atom. The standard InChI is InChI=1S/C28H27N3O4/c1-17-5-7-20(8-6-17)24-23-4-3-10-29-25(23)27(34)31-11-9-18(2)15-30(28(35)26(24)31)16-19-12-21(32)14-22(33)13-19/h3-8,10,12-14,18,32-33H,9,11,15-16H2,1-2H3/t18-/m1/s1. The molecular weight excluding hydrogens is 442 g/mol. The zero-order chi connectivity index (χ0) is 24.7. The Morgan fingerprint density at radius 1 is 1.03 bits per heavy atom. The third kappa shape index (κ3) is 4.25. The minimum Gasteiger partial charge on any atom is -0.508 e. The third-order valence-electron chi connectivity index (χ3n) is 6.57. The van der Waals surface area contributed by atoms with Crippen LogP contribution in [-0.4, -0.2) is 37.1 Å². The highest BCUT2D eigenvalue weighted by Crippen LogP contribution is 2.33. The minimum atomic E-state index is -0.274. The van der Waals surface area contributed by atoms with E-state index in [0.29, 0.717) is 47.2 Å². The average molecular weight is 470 g/mol. The number of phenols is 2. The number of carbonyl (C=O) groups excluding carboxylic acids is 1. The molecule has 7 nitrogen and oxygen atoms in total. The van der Waals surface area contributed by atoms with Crippen molar-refractivity contribution in [3.63, 3.8) is 0 Å². The van der Waals surface area contributed by atoms with Gasteiger partial charge < -0.3 is 19.7 Å². The highest BCUT2D eigenvalue weighted by Gasteiger charge is 2.30. The second-order valence-corrected chi connectivity index (χ2v) is 9.38. The van der Waals surface area contributed by atoms with Crippen molar-refractivity contribution in [3.05, 3.63) is 88.0 Å². The molecule has 0 aliphatic carbocycles. The summed E-state index contributed by atoms with van der Waals surface area (Å²) in [7, 11) is 0. The molecule has 0 saturated carbocycles. The Kier molecular flexibility index (Phi) is 5.76. The van der Waals surface area contributed by atoms with Gasteiger partial charge >= 0.3 is 0 Å². The SMILES string of the molecule is Cc1ccc(-c2c3n(c(=O)c4ncccc24)CC[C@@H](C)CN(Cc2cc(O)cc(O)c2)C3=O)cc1. The average Bonchev–Trinajstić information content (AvgIpc) is 2.82. The zero-order valence-corrected chi connectivity index (χ0v) is 19.7. The monoisotopic (exact) mass is 469 g/mol. The Balaban J connectivity index is 1.75. The molecule has 2 aromatic heterocycles. The maximum atomic E-state index is 14.2. The summed E-state index contributed by atoms with van der Waals surface area (Å²) in [6.45, 7) is 5.16. The predicted octanol–water partition coefficient (Wildman–Crippen LogP) is 4.47. The zero-order valence-electron chi connectivity index (χ0n) is 19.7. The molecule has 178 valence electrons. The molecule has 1 amide bonds. The number of hydrogen-bond acceptors (Lipinski definition) is 5. The van der Waals surface area contributed by atoms with Crippen LogP contribution in [0.25, 0.3) is 22.0 Å². The fraction of sp³-hybridized carbons (Fsp3) is 0.250. The molecular formula is C28H27N3O4. The molecule has 1 aliphatic heterocycles. The first-order valence-corrected chi connectivity index (χ1v) is 11.7. The highest BCUT2D eigenvalue weighted by molar-refractivity contribution is 6.07. The molecule has 4 aromatic rings. The second-order valence-electron chi connectivity index (χ2n) is 9.38. The Morgan fingerprint density at radius 3 is 2.46 bits per heavy atom. The van der Waals surface area contributed by atoms with Crippen molar-refractivity contribution in [1.29, 1.82) is 0 Å². The number of amides is 1. The number of aromatic hydroxyl groups is 2. The van der Waals surface area contributed by atoms with Gasteiger partial charge in [-0.1, -0.05) is 42.8 Å². The summed E-state index contributed by atoms with van der Waals surface area (Å²) in [5, 5.41) is 20.6. The van der Waals surface area contributed by atoms with E-state index < -0.39 is 0 Å². The lowest BCUT2D eigenvalue weighted by Crippen LogP contribution is -2.41. The summed E-state index contributed by atoms with van der Waals surface area (Å²) in [5.74, 6) is -0.256. The van der Waals surface area contributed by atoms with Crippen LogP contribution in [0.5, 0.6) is 11.5 Å². The Hall–Kier alpha value is -4.13. The van der Waals surface area contributed by atoms with E-state index in [0.717, 1.165) is 11.1 Å². The van der Waals surface area contributed by atoms with Gasteiger partial charge in [-0.05, 0) is 48.6 Å². The van der Waals surface area contributed by atoms with Gasteiger partial charge in [0.25, 0.3) is 11.5 Å². The number of aryl methyl sites for hydroxylation is 1. The van der Waals surface area contributed by atoms with Crippen LogP contribution in [0.15, 0.2) is 65.6 Å². The number of benzene rings is 2. The van der Waals surface area contributed by atoms with Gasteiger partial charge in [-0.2, -0.15) is 0 Å². The number of rotatable bonds is 3. The molecule has 2 aromatic carbocycles. The first kappa shape index (κ1) is 22.7.